The predicted octanol–water partition coefficient (Wildman–Crippen LogP) is 1.82. The molecule has 5 rings (SSSR count). The third kappa shape index (κ3) is 5.74. The van der Waals surface area contributed by atoms with Crippen LogP contribution >= 0.6 is 0 Å². The fourth-order valence-corrected chi connectivity index (χ4v) is 5.04. The molecular formula is C25H32F2N6O3. The Balaban J connectivity index is 1.27. The number of rotatable bonds is 8. The minimum Gasteiger partial charge on any atom is -0.355 e. The first-order chi connectivity index (χ1) is 17.4. The van der Waals surface area contributed by atoms with E-state index in [0.29, 0.717) is 18.9 Å². The van der Waals surface area contributed by atoms with Crippen molar-refractivity contribution in [1.82, 2.24) is 31.5 Å². The standard InChI is InChI=1S/C25H32F2N6O3/c1-14(20-6-8-28-31-20)29-24(34)18-13-33(12-15-2-3-15)9-7-21(18)30-25(35)22-11-23(36-32-22)17-5-4-16(26)10-19(17)27/h4-5,10-11,14-15,18,20-21,28,31H,2-3,6-9,12-13H2,1H3,(H,29,34)(H,30,35)/t14?,18-,20?,21-/m0/s1. The molecule has 1 aromatic carbocycles. The maximum Gasteiger partial charge on any atom is 0.273 e. The van der Waals surface area contributed by atoms with Crippen LogP contribution in [0.4, 0.5) is 8.78 Å². The van der Waals surface area contributed by atoms with Crippen LogP contribution in [-0.2, 0) is 4.79 Å². The number of hydrazine groups is 1. The quantitative estimate of drug-likeness (QED) is 0.436. The van der Waals surface area contributed by atoms with Crippen molar-refractivity contribution >= 4 is 11.8 Å². The molecule has 2 saturated heterocycles. The van der Waals surface area contributed by atoms with Gasteiger partial charge in [-0.3, -0.25) is 20.4 Å². The smallest absolute Gasteiger partial charge is 0.273 e. The maximum absolute atomic E-state index is 14.1. The van der Waals surface area contributed by atoms with Crippen LogP contribution in [0.2, 0.25) is 0 Å². The molecule has 1 saturated carbocycles. The number of carbonyl (C=O) groups excluding carboxylic acids is 2. The zero-order valence-electron chi connectivity index (χ0n) is 20.2. The highest BCUT2D eigenvalue weighted by Crippen LogP contribution is 2.31. The number of piperidine rings is 1. The number of carbonyl (C=O) groups is 2. The summed E-state index contributed by atoms with van der Waals surface area (Å²) >= 11 is 0. The molecule has 3 heterocycles. The normalized spacial score (nSPS) is 25.5. The van der Waals surface area contributed by atoms with Gasteiger partial charge in [-0.25, -0.2) is 8.78 Å². The van der Waals surface area contributed by atoms with E-state index in [1.807, 2.05) is 6.92 Å². The number of amides is 2. The lowest BCUT2D eigenvalue weighted by molar-refractivity contribution is -0.128. The number of halogens is 2. The molecule has 2 aliphatic heterocycles. The van der Waals surface area contributed by atoms with E-state index in [9.17, 15) is 18.4 Å². The van der Waals surface area contributed by atoms with Gasteiger partial charge >= 0.3 is 0 Å². The highest BCUT2D eigenvalue weighted by molar-refractivity contribution is 5.94. The molecule has 2 amide bonds. The average molecular weight is 503 g/mol. The van der Waals surface area contributed by atoms with E-state index in [4.69, 9.17) is 4.52 Å². The number of likely N-dealkylation sites (tertiary alicyclic amines) is 1. The Labute approximate surface area is 208 Å². The number of hydrogen-bond donors (Lipinski definition) is 4. The summed E-state index contributed by atoms with van der Waals surface area (Å²) in [6, 6.07) is 4.12. The summed E-state index contributed by atoms with van der Waals surface area (Å²) in [5.74, 6) is -1.79. The molecule has 1 aromatic heterocycles. The van der Waals surface area contributed by atoms with Crippen molar-refractivity contribution in [2.45, 2.75) is 50.7 Å². The molecule has 194 valence electrons. The van der Waals surface area contributed by atoms with Gasteiger partial charge in [-0.15, -0.1) is 0 Å². The molecule has 3 aliphatic rings. The van der Waals surface area contributed by atoms with Gasteiger partial charge in [-0.2, -0.15) is 0 Å². The molecule has 9 nitrogen and oxygen atoms in total. The van der Waals surface area contributed by atoms with Gasteiger partial charge in [0.25, 0.3) is 5.91 Å². The summed E-state index contributed by atoms with van der Waals surface area (Å²) in [5, 5.41) is 9.87. The molecule has 2 unspecified atom stereocenters. The van der Waals surface area contributed by atoms with E-state index in [1.54, 1.807) is 0 Å². The number of nitrogens with zero attached hydrogens (tertiary/aromatic N) is 2. The first kappa shape index (κ1) is 24.8. The second kappa shape index (κ2) is 10.6. The van der Waals surface area contributed by atoms with Gasteiger partial charge < -0.3 is 20.1 Å². The Morgan fingerprint density at radius 3 is 2.78 bits per heavy atom. The summed E-state index contributed by atoms with van der Waals surface area (Å²) in [7, 11) is 0. The molecule has 0 radical (unpaired) electrons. The zero-order valence-corrected chi connectivity index (χ0v) is 20.2. The third-order valence-corrected chi connectivity index (χ3v) is 7.34. The van der Waals surface area contributed by atoms with Crippen LogP contribution in [0.3, 0.4) is 0 Å². The van der Waals surface area contributed by atoms with Gasteiger partial charge in [-0.05, 0) is 50.7 Å². The van der Waals surface area contributed by atoms with Crippen molar-refractivity contribution in [1.29, 1.82) is 0 Å². The first-order valence-corrected chi connectivity index (χ1v) is 12.6. The van der Waals surface area contributed by atoms with Crippen LogP contribution in [0.1, 0.15) is 43.1 Å². The summed E-state index contributed by atoms with van der Waals surface area (Å²) in [5.41, 5.74) is 6.26. The van der Waals surface area contributed by atoms with Gasteiger partial charge in [0, 0.05) is 56.4 Å². The fourth-order valence-electron chi connectivity index (χ4n) is 5.04. The molecule has 36 heavy (non-hydrogen) atoms. The Morgan fingerprint density at radius 2 is 2.06 bits per heavy atom. The van der Waals surface area contributed by atoms with E-state index in [-0.39, 0.29) is 41.1 Å². The predicted molar refractivity (Wildman–Crippen MR) is 128 cm³/mol. The summed E-state index contributed by atoms with van der Waals surface area (Å²) in [6.07, 6.45) is 4.01. The van der Waals surface area contributed by atoms with Crippen LogP contribution in [0, 0.1) is 23.5 Å². The minimum atomic E-state index is -0.807. The van der Waals surface area contributed by atoms with E-state index >= 15 is 0 Å². The van der Waals surface area contributed by atoms with Crippen molar-refractivity contribution in [3.8, 4) is 11.3 Å². The molecule has 11 heteroatoms. The molecule has 3 fully saturated rings. The minimum absolute atomic E-state index is 0.0117. The second-order valence-corrected chi connectivity index (χ2v) is 10.1. The Hall–Kier alpha value is -2.89. The third-order valence-electron chi connectivity index (χ3n) is 7.34. The van der Waals surface area contributed by atoms with Crippen molar-refractivity contribution in [2.24, 2.45) is 11.8 Å². The largest absolute Gasteiger partial charge is 0.355 e. The van der Waals surface area contributed by atoms with E-state index in [2.05, 4.69) is 31.5 Å². The zero-order chi connectivity index (χ0) is 25.2. The van der Waals surface area contributed by atoms with Crippen LogP contribution in [0.15, 0.2) is 28.8 Å². The average Bonchev–Trinajstić information content (AvgIpc) is 3.30. The highest BCUT2D eigenvalue weighted by atomic mass is 19.1. The van der Waals surface area contributed by atoms with Gasteiger partial charge in [0.05, 0.1) is 11.5 Å². The lowest BCUT2D eigenvalue weighted by atomic mass is 9.90. The van der Waals surface area contributed by atoms with E-state index in [1.165, 1.54) is 25.0 Å². The number of hydrogen-bond acceptors (Lipinski definition) is 7. The molecular weight excluding hydrogens is 470 g/mol. The molecule has 4 N–H and O–H groups in total. The van der Waals surface area contributed by atoms with Crippen molar-refractivity contribution in [3.63, 3.8) is 0 Å². The van der Waals surface area contributed by atoms with Gasteiger partial charge in [0.15, 0.2) is 11.5 Å². The van der Waals surface area contributed by atoms with Gasteiger partial charge in [0.2, 0.25) is 5.91 Å². The van der Waals surface area contributed by atoms with Crippen LogP contribution in [0.5, 0.6) is 0 Å². The summed E-state index contributed by atoms with van der Waals surface area (Å²) < 4.78 is 32.5. The Kier molecular flexibility index (Phi) is 7.31. The van der Waals surface area contributed by atoms with E-state index in [0.717, 1.165) is 38.2 Å². The lowest BCUT2D eigenvalue weighted by Crippen LogP contribution is -2.58. The van der Waals surface area contributed by atoms with Gasteiger partial charge in [0.1, 0.15) is 11.6 Å². The topological polar surface area (TPSA) is 112 Å². The molecule has 0 bridgehead atoms. The van der Waals surface area contributed by atoms with Gasteiger partial charge in [-0.1, -0.05) is 5.16 Å². The van der Waals surface area contributed by atoms with Crippen molar-refractivity contribution in [3.05, 3.63) is 41.6 Å². The second-order valence-electron chi connectivity index (χ2n) is 10.1. The number of benzene rings is 1. The van der Waals surface area contributed by atoms with Crippen LogP contribution < -0.4 is 21.5 Å². The first-order valence-electron chi connectivity index (χ1n) is 12.6. The Bertz CT molecular complexity index is 1100. The fraction of sp³-hybridized carbons (Fsp3) is 0.560. The van der Waals surface area contributed by atoms with Crippen molar-refractivity contribution < 1.29 is 22.9 Å². The molecule has 2 aromatic rings. The number of nitrogens with one attached hydrogen (secondary N) is 4. The summed E-state index contributed by atoms with van der Waals surface area (Å²) in [6.45, 7) is 5.17. The Morgan fingerprint density at radius 1 is 1.22 bits per heavy atom. The summed E-state index contributed by atoms with van der Waals surface area (Å²) in [4.78, 5) is 28.7. The monoisotopic (exact) mass is 502 g/mol. The molecule has 0 spiro atoms. The van der Waals surface area contributed by atoms with E-state index < -0.39 is 23.5 Å². The van der Waals surface area contributed by atoms with Crippen LogP contribution in [-0.4, -0.2) is 66.2 Å². The lowest BCUT2D eigenvalue weighted by Gasteiger charge is -2.38. The maximum atomic E-state index is 14.1. The SMILES string of the molecule is CC(NC(=O)[C@H]1CN(CC2CC2)CC[C@@H]1NC(=O)c1cc(-c2ccc(F)cc2F)on1)C1CCNN1. The molecule has 1 aliphatic carbocycles. The van der Waals surface area contributed by atoms with Crippen LogP contribution in [0.25, 0.3) is 11.3 Å². The van der Waals surface area contributed by atoms with Crippen molar-refractivity contribution in [2.75, 3.05) is 26.2 Å². The molecule has 4 atom stereocenters. The number of aromatic nitrogens is 1. The highest BCUT2D eigenvalue weighted by Gasteiger charge is 2.38.